The molecule has 2 rings (SSSR count). The first-order chi connectivity index (χ1) is 9.62. The molecule has 21 heavy (non-hydrogen) atoms. The first-order valence-electron chi connectivity index (χ1n) is 5.70. The summed E-state index contributed by atoms with van der Waals surface area (Å²) in [6.07, 6.45) is 0. The molecule has 0 atom stereocenters. The summed E-state index contributed by atoms with van der Waals surface area (Å²) in [5.41, 5.74) is 0.669. The van der Waals surface area contributed by atoms with Crippen LogP contribution in [0.3, 0.4) is 0 Å². The minimum absolute atomic E-state index is 0.148. The Kier molecular flexibility index (Phi) is 5.91. The number of halogens is 1. The van der Waals surface area contributed by atoms with Crippen molar-refractivity contribution in [2.24, 2.45) is 5.14 Å². The van der Waals surface area contributed by atoms with E-state index in [9.17, 15) is 16.8 Å². The lowest BCUT2D eigenvalue weighted by Gasteiger charge is -1.98. The molecule has 0 aliphatic rings. The second-order valence-electron chi connectivity index (χ2n) is 4.06. The molecule has 0 unspecified atom stereocenters. The maximum Gasteiger partial charge on any atom is 0.261 e. The van der Waals surface area contributed by atoms with Crippen molar-refractivity contribution in [3.8, 4) is 0 Å². The zero-order valence-electron chi connectivity index (χ0n) is 11.1. The van der Waals surface area contributed by atoms with Crippen LogP contribution in [0.25, 0.3) is 0 Å². The molecule has 0 saturated heterocycles. The molecule has 0 aliphatic heterocycles. The van der Waals surface area contributed by atoms with Gasteiger partial charge in [0.15, 0.2) is 0 Å². The number of nitrogens with two attached hydrogens (primary N) is 1. The van der Waals surface area contributed by atoms with Gasteiger partial charge in [0.05, 0.1) is 9.79 Å². The molecule has 2 aromatic carbocycles. The Morgan fingerprint density at radius 3 is 1.67 bits per heavy atom. The second kappa shape index (κ2) is 7.04. The number of benzene rings is 2. The van der Waals surface area contributed by atoms with Crippen LogP contribution in [0.15, 0.2) is 64.4 Å². The first kappa shape index (κ1) is 17.6. The Labute approximate surface area is 128 Å². The summed E-state index contributed by atoms with van der Waals surface area (Å²) in [4.78, 5) is 0.330. The van der Waals surface area contributed by atoms with Crippen molar-refractivity contribution >= 4 is 29.8 Å². The molecule has 0 aliphatic carbocycles. The Balaban J connectivity index is 0.000000211. The molecule has 0 spiro atoms. The highest BCUT2D eigenvalue weighted by Gasteiger charge is 2.11. The van der Waals surface area contributed by atoms with E-state index >= 15 is 0 Å². The summed E-state index contributed by atoms with van der Waals surface area (Å²) >= 11 is 0. The Morgan fingerprint density at radius 2 is 1.33 bits per heavy atom. The fourth-order valence-corrected chi connectivity index (χ4v) is 3.19. The third kappa shape index (κ3) is 5.84. The largest absolute Gasteiger partial charge is 0.261 e. The first-order valence-corrected chi connectivity index (χ1v) is 9.56. The van der Waals surface area contributed by atoms with Crippen LogP contribution in [-0.2, 0) is 19.1 Å². The summed E-state index contributed by atoms with van der Waals surface area (Å²) in [5.74, 6) is 0. The lowest BCUT2D eigenvalue weighted by molar-refractivity contribution is 0.597. The van der Waals surface area contributed by atoms with Crippen LogP contribution < -0.4 is 5.14 Å². The van der Waals surface area contributed by atoms with E-state index in [4.69, 9.17) is 15.8 Å². The van der Waals surface area contributed by atoms with Crippen molar-refractivity contribution in [1.29, 1.82) is 0 Å². The predicted molar refractivity (Wildman–Crippen MR) is 82.0 cm³/mol. The SMILES string of the molecule is Cc1ccccc1S(=O)(=O)Cl.NS(=O)(=O)c1ccccc1. The number of rotatable bonds is 2. The molecular formula is C13H14ClNO4S2. The van der Waals surface area contributed by atoms with E-state index in [1.54, 1.807) is 43.3 Å². The zero-order valence-corrected chi connectivity index (χ0v) is 13.5. The van der Waals surface area contributed by atoms with Gasteiger partial charge >= 0.3 is 0 Å². The van der Waals surface area contributed by atoms with Crippen LogP contribution in [0.2, 0.25) is 0 Å². The third-order valence-corrected chi connectivity index (χ3v) is 4.84. The van der Waals surface area contributed by atoms with Gasteiger partial charge in [-0.15, -0.1) is 0 Å². The lowest BCUT2D eigenvalue weighted by atomic mass is 10.2. The minimum atomic E-state index is -3.56. The van der Waals surface area contributed by atoms with Gasteiger partial charge in [-0.3, -0.25) is 0 Å². The summed E-state index contributed by atoms with van der Waals surface area (Å²) in [7, 11) is -1.93. The molecule has 0 amide bonds. The molecule has 0 fully saturated rings. The number of sulfonamides is 1. The van der Waals surface area contributed by atoms with Gasteiger partial charge in [0.1, 0.15) is 0 Å². The van der Waals surface area contributed by atoms with Gasteiger partial charge in [-0.2, -0.15) is 0 Å². The third-order valence-electron chi connectivity index (χ3n) is 2.43. The van der Waals surface area contributed by atoms with Crippen molar-refractivity contribution in [3.63, 3.8) is 0 Å². The molecule has 0 saturated carbocycles. The Morgan fingerprint density at radius 1 is 0.857 bits per heavy atom. The van der Waals surface area contributed by atoms with Gasteiger partial charge in [-0.05, 0) is 30.7 Å². The van der Waals surface area contributed by atoms with Crippen LogP contribution in [0.5, 0.6) is 0 Å². The van der Waals surface area contributed by atoms with Crippen molar-refractivity contribution in [1.82, 2.24) is 0 Å². The standard InChI is InChI=1S/C7H7ClO2S.C6H7NO2S/c1-6-4-2-3-5-7(6)11(8,9)10;7-10(8,9)6-4-2-1-3-5-6/h2-5H,1H3;1-5H,(H2,7,8,9). The molecule has 8 heteroatoms. The molecule has 5 nitrogen and oxygen atoms in total. The van der Waals surface area contributed by atoms with Crippen LogP contribution in [0.4, 0.5) is 0 Å². The fourth-order valence-electron chi connectivity index (χ4n) is 1.44. The minimum Gasteiger partial charge on any atom is -0.225 e. The number of hydrogen-bond donors (Lipinski definition) is 1. The average molecular weight is 348 g/mol. The molecule has 0 aromatic heterocycles. The van der Waals surface area contributed by atoms with Gasteiger partial charge in [0.25, 0.3) is 9.05 Å². The highest BCUT2D eigenvalue weighted by atomic mass is 35.7. The quantitative estimate of drug-likeness (QED) is 0.843. The van der Waals surface area contributed by atoms with Gasteiger partial charge in [-0.1, -0.05) is 36.4 Å². The molecule has 0 heterocycles. The lowest BCUT2D eigenvalue weighted by Crippen LogP contribution is -2.11. The van der Waals surface area contributed by atoms with E-state index in [1.807, 2.05) is 0 Å². The Bertz CT molecular complexity index is 803. The summed E-state index contributed by atoms with van der Waals surface area (Å²) in [6.45, 7) is 1.70. The molecule has 0 radical (unpaired) electrons. The number of aryl methyl sites for hydroxylation is 1. The topological polar surface area (TPSA) is 94.3 Å². The van der Waals surface area contributed by atoms with Crippen molar-refractivity contribution < 1.29 is 16.8 Å². The van der Waals surface area contributed by atoms with Crippen molar-refractivity contribution in [2.75, 3.05) is 0 Å². The summed E-state index contributed by atoms with van der Waals surface area (Å²) in [5, 5.41) is 4.83. The Hall–Kier alpha value is -1.41. The van der Waals surface area contributed by atoms with Crippen LogP contribution in [-0.4, -0.2) is 16.8 Å². The van der Waals surface area contributed by atoms with Gasteiger partial charge in [-0.25, -0.2) is 22.0 Å². The van der Waals surface area contributed by atoms with Crippen molar-refractivity contribution in [2.45, 2.75) is 16.7 Å². The zero-order chi connectivity index (χ0) is 16.1. The molecular weight excluding hydrogens is 334 g/mol. The van der Waals surface area contributed by atoms with Gasteiger partial charge in [0, 0.05) is 10.7 Å². The van der Waals surface area contributed by atoms with Crippen LogP contribution >= 0.6 is 10.7 Å². The van der Waals surface area contributed by atoms with E-state index in [0.29, 0.717) is 5.56 Å². The maximum absolute atomic E-state index is 10.8. The average Bonchev–Trinajstić information content (AvgIpc) is 2.39. The fraction of sp³-hybridized carbons (Fsp3) is 0.0769. The molecule has 2 N–H and O–H groups in total. The molecule has 2 aromatic rings. The van der Waals surface area contributed by atoms with Crippen molar-refractivity contribution in [3.05, 3.63) is 60.2 Å². The van der Waals surface area contributed by atoms with E-state index in [-0.39, 0.29) is 9.79 Å². The maximum atomic E-state index is 10.8. The van der Waals surface area contributed by atoms with E-state index in [0.717, 1.165) is 0 Å². The van der Waals surface area contributed by atoms with E-state index in [1.165, 1.54) is 18.2 Å². The van der Waals surface area contributed by atoms with Gasteiger partial charge < -0.3 is 0 Å². The van der Waals surface area contributed by atoms with Crippen LogP contribution in [0, 0.1) is 6.92 Å². The van der Waals surface area contributed by atoms with Crippen LogP contribution in [0.1, 0.15) is 5.56 Å². The number of hydrogen-bond acceptors (Lipinski definition) is 4. The van der Waals surface area contributed by atoms with E-state index in [2.05, 4.69) is 0 Å². The summed E-state index contributed by atoms with van der Waals surface area (Å²) < 4.78 is 42.9. The summed E-state index contributed by atoms with van der Waals surface area (Å²) in [6, 6.07) is 14.5. The monoisotopic (exact) mass is 347 g/mol. The second-order valence-corrected chi connectivity index (χ2v) is 8.16. The van der Waals surface area contributed by atoms with Gasteiger partial charge in [0.2, 0.25) is 10.0 Å². The molecule has 114 valence electrons. The smallest absolute Gasteiger partial charge is 0.225 e. The highest BCUT2D eigenvalue weighted by Crippen LogP contribution is 2.17. The highest BCUT2D eigenvalue weighted by molar-refractivity contribution is 8.13. The van der Waals surface area contributed by atoms with E-state index < -0.39 is 19.1 Å². The number of primary sulfonamides is 1. The molecule has 0 bridgehead atoms. The normalized spacial score (nSPS) is 11.4. The predicted octanol–water partition coefficient (Wildman–Crippen LogP) is 2.26.